The van der Waals surface area contributed by atoms with Gasteiger partial charge >= 0.3 is 5.97 Å². The zero-order valence-corrected chi connectivity index (χ0v) is 16.0. The molecule has 6 nitrogen and oxygen atoms in total. The van der Waals surface area contributed by atoms with Crippen molar-refractivity contribution < 1.29 is 23.9 Å². The molecular formula is C19H17Cl2NO5. The van der Waals surface area contributed by atoms with Gasteiger partial charge in [-0.2, -0.15) is 0 Å². The number of hydrogen-bond donors (Lipinski definition) is 1. The maximum absolute atomic E-state index is 12.1. The molecule has 0 bridgehead atoms. The average molecular weight is 410 g/mol. The van der Waals surface area contributed by atoms with E-state index in [1.165, 1.54) is 18.2 Å². The lowest BCUT2D eigenvalue weighted by molar-refractivity contribution is -0.118. The molecule has 0 unspecified atom stereocenters. The van der Waals surface area contributed by atoms with Crippen LogP contribution in [0.15, 0.2) is 36.4 Å². The molecule has 27 heavy (non-hydrogen) atoms. The van der Waals surface area contributed by atoms with Gasteiger partial charge in [-0.1, -0.05) is 36.2 Å². The average Bonchev–Trinajstić information content (AvgIpc) is 2.64. The lowest BCUT2D eigenvalue weighted by Gasteiger charge is -2.11. The smallest absolute Gasteiger partial charge is 0.338 e. The van der Waals surface area contributed by atoms with Gasteiger partial charge in [-0.25, -0.2) is 4.79 Å². The summed E-state index contributed by atoms with van der Waals surface area (Å²) < 4.78 is 10.4. The summed E-state index contributed by atoms with van der Waals surface area (Å²) in [5.74, 6) is -0.882. The summed E-state index contributed by atoms with van der Waals surface area (Å²) in [6, 6.07) is 9.14. The first kappa shape index (κ1) is 20.7. The lowest BCUT2D eigenvalue weighted by Crippen LogP contribution is -2.21. The monoisotopic (exact) mass is 409 g/mol. The van der Waals surface area contributed by atoms with Crippen molar-refractivity contribution in [1.29, 1.82) is 0 Å². The Bertz CT molecular complexity index is 854. The minimum absolute atomic E-state index is 0.0723. The molecule has 0 aromatic heterocycles. The van der Waals surface area contributed by atoms with Crippen LogP contribution in [-0.2, 0) is 9.53 Å². The molecule has 0 aliphatic heterocycles. The summed E-state index contributed by atoms with van der Waals surface area (Å²) in [6.07, 6.45) is 1.26. The normalized spacial score (nSPS) is 10.2. The molecule has 1 N–H and O–H groups in total. The molecule has 0 heterocycles. The van der Waals surface area contributed by atoms with Gasteiger partial charge in [0.25, 0.3) is 5.91 Å². The number of hydrogen-bond acceptors (Lipinski definition) is 5. The molecule has 142 valence electrons. The van der Waals surface area contributed by atoms with E-state index in [-0.39, 0.29) is 28.0 Å². The van der Waals surface area contributed by atoms with Crippen molar-refractivity contribution in [1.82, 2.24) is 0 Å². The van der Waals surface area contributed by atoms with Gasteiger partial charge in [-0.15, -0.1) is 0 Å². The molecule has 0 aliphatic carbocycles. The van der Waals surface area contributed by atoms with E-state index in [9.17, 15) is 14.4 Å². The van der Waals surface area contributed by atoms with Crippen molar-refractivity contribution in [2.24, 2.45) is 0 Å². The molecule has 8 heteroatoms. The Morgan fingerprint density at radius 2 is 1.96 bits per heavy atom. The summed E-state index contributed by atoms with van der Waals surface area (Å²) in [7, 11) is 0. The molecule has 0 saturated heterocycles. The van der Waals surface area contributed by atoms with Gasteiger partial charge in [0.05, 0.1) is 22.8 Å². The second-order valence-electron chi connectivity index (χ2n) is 5.48. The third-order valence-electron chi connectivity index (χ3n) is 3.33. The van der Waals surface area contributed by atoms with Gasteiger partial charge in [0, 0.05) is 10.7 Å². The van der Waals surface area contributed by atoms with Gasteiger partial charge in [0.1, 0.15) is 5.75 Å². The number of halogens is 2. The number of nitrogens with one attached hydrogen (secondary N) is 1. The van der Waals surface area contributed by atoms with Crippen LogP contribution in [-0.4, -0.2) is 31.4 Å². The van der Waals surface area contributed by atoms with Gasteiger partial charge < -0.3 is 14.8 Å². The van der Waals surface area contributed by atoms with Crippen LogP contribution in [0.2, 0.25) is 10.0 Å². The number of carbonyl (C=O) groups is 3. The Morgan fingerprint density at radius 1 is 1.19 bits per heavy atom. The molecular weight excluding hydrogens is 393 g/mol. The number of carbonyl (C=O) groups excluding carboxylic acids is 3. The standard InChI is InChI=1S/C19H17Cl2NO5/c1-2-6-26-19(25)12-4-3-5-15(8-12)22-17(24)11-27-18-13(10-23)7-14(20)9-16(18)21/h3-5,7-10H,2,6,11H2,1H3,(H,22,24). The number of rotatable bonds is 8. The van der Waals surface area contributed by atoms with Gasteiger partial charge in [0.2, 0.25) is 0 Å². The Hall–Kier alpha value is -2.57. The Balaban J connectivity index is 2.01. The van der Waals surface area contributed by atoms with Gasteiger partial charge in [0.15, 0.2) is 12.9 Å². The number of benzene rings is 2. The molecule has 1 amide bonds. The van der Waals surface area contributed by atoms with E-state index in [2.05, 4.69) is 5.32 Å². The highest BCUT2D eigenvalue weighted by Gasteiger charge is 2.13. The molecule has 0 radical (unpaired) electrons. The summed E-state index contributed by atoms with van der Waals surface area (Å²) in [5.41, 5.74) is 0.875. The number of amides is 1. The lowest BCUT2D eigenvalue weighted by atomic mass is 10.2. The fourth-order valence-electron chi connectivity index (χ4n) is 2.16. The first-order valence-corrected chi connectivity index (χ1v) is 8.84. The molecule has 0 aliphatic rings. The highest BCUT2D eigenvalue weighted by Crippen LogP contribution is 2.31. The first-order chi connectivity index (χ1) is 12.9. The van der Waals surface area contributed by atoms with Crippen molar-refractivity contribution in [2.75, 3.05) is 18.5 Å². The van der Waals surface area contributed by atoms with Crippen molar-refractivity contribution in [3.63, 3.8) is 0 Å². The third-order valence-corrected chi connectivity index (χ3v) is 3.83. The van der Waals surface area contributed by atoms with Crippen LogP contribution < -0.4 is 10.1 Å². The summed E-state index contributed by atoms with van der Waals surface area (Å²) in [4.78, 5) is 35.1. The number of anilines is 1. The fraction of sp³-hybridized carbons (Fsp3) is 0.211. The molecule has 0 atom stereocenters. The van der Waals surface area contributed by atoms with Crippen LogP contribution in [0.5, 0.6) is 5.75 Å². The van der Waals surface area contributed by atoms with Crippen LogP contribution in [0.3, 0.4) is 0 Å². The third kappa shape index (κ3) is 5.98. The van der Waals surface area contributed by atoms with E-state index in [1.807, 2.05) is 6.92 Å². The number of aldehydes is 1. The Labute approximate surface area is 166 Å². The predicted octanol–water partition coefficient (Wildman–Crippen LogP) is 4.39. The van der Waals surface area contributed by atoms with Crippen molar-refractivity contribution in [3.8, 4) is 5.75 Å². The Kier molecular flexibility index (Phi) is 7.64. The topological polar surface area (TPSA) is 81.7 Å². The zero-order chi connectivity index (χ0) is 19.8. The zero-order valence-electron chi connectivity index (χ0n) is 14.5. The van der Waals surface area contributed by atoms with Gasteiger partial charge in [-0.3, -0.25) is 9.59 Å². The van der Waals surface area contributed by atoms with Crippen LogP contribution in [0, 0.1) is 0 Å². The quantitative estimate of drug-likeness (QED) is 0.516. The molecule has 2 aromatic carbocycles. The van der Waals surface area contributed by atoms with Crippen molar-refractivity contribution in [3.05, 3.63) is 57.6 Å². The Morgan fingerprint density at radius 3 is 2.67 bits per heavy atom. The van der Waals surface area contributed by atoms with E-state index in [1.54, 1.807) is 18.2 Å². The molecule has 2 rings (SSSR count). The largest absolute Gasteiger partial charge is 0.481 e. The first-order valence-electron chi connectivity index (χ1n) is 8.08. The van der Waals surface area contributed by atoms with E-state index < -0.39 is 11.9 Å². The second-order valence-corrected chi connectivity index (χ2v) is 6.32. The summed E-state index contributed by atoms with van der Waals surface area (Å²) in [5, 5.41) is 3.01. The number of esters is 1. The SMILES string of the molecule is CCCOC(=O)c1cccc(NC(=O)COc2c(Cl)cc(Cl)cc2C=O)c1. The van der Waals surface area contributed by atoms with E-state index >= 15 is 0 Å². The number of ether oxygens (including phenoxy) is 2. The summed E-state index contributed by atoms with van der Waals surface area (Å²) in [6.45, 7) is 1.84. The van der Waals surface area contributed by atoms with Crippen LogP contribution in [0.25, 0.3) is 0 Å². The highest BCUT2D eigenvalue weighted by molar-refractivity contribution is 6.36. The minimum Gasteiger partial charge on any atom is -0.481 e. The molecule has 2 aromatic rings. The summed E-state index contributed by atoms with van der Waals surface area (Å²) >= 11 is 11.8. The predicted molar refractivity (Wildman–Crippen MR) is 103 cm³/mol. The van der Waals surface area contributed by atoms with Crippen LogP contribution in [0.4, 0.5) is 5.69 Å². The van der Waals surface area contributed by atoms with Crippen molar-refractivity contribution >= 4 is 47.1 Å². The van der Waals surface area contributed by atoms with Gasteiger partial charge in [-0.05, 0) is 36.8 Å². The fourth-order valence-corrected chi connectivity index (χ4v) is 2.72. The van der Waals surface area contributed by atoms with E-state index in [0.717, 1.165) is 6.42 Å². The highest BCUT2D eigenvalue weighted by atomic mass is 35.5. The maximum Gasteiger partial charge on any atom is 0.338 e. The maximum atomic E-state index is 12.1. The second kappa shape index (κ2) is 9.94. The van der Waals surface area contributed by atoms with Crippen LogP contribution in [0.1, 0.15) is 34.1 Å². The van der Waals surface area contributed by atoms with Crippen molar-refractivity contribution in [2.45, 2.75) is 13.3 Å². The van der Waals surface area contributed by atoms with E-state index in [4.69, 9.17) is 32.7 Å². The molecule has 0 fully saturated rings. The molecule has 0 spiro atoms. The minimum atomic E-state index is -0.489. The van der Waals surface area contributed by atoms with E-state index in [0.29, 0.717) is 24.1 Å². The van der Waals surface area contributed by atoms with Crippen LogP contribution >= 0.6 is 23.2 Å². The molecule has 0 saturated carbocycles.